The van der Waals surface area contributed by atoms with Crippen LogP contribution in [-0.2, 0) is 22.4 Å². The maximum Gasteiger partial charge on any atom is 0.247 e. The second-order valence-electron chi connectivity index (χ2n) is 8.38. The highest BCUT2D eigenvalue weighted by atomic mass is 16.5. The van der Waals surface area contributed by atoms with Crippen LogP contribution in [0.2, 0.25) is 0 Å². The van der Waals surface area contributed by atoms with Gasteiger partial charge in [-0.05, 0) is 60.9 Å². The molecule has 2 amide bonds. The molecular formula is C22H30N2O5. The van der Waals surface area contributed by atoms with E-state index in [0.717, 1.165) is 19.3 Å². The molecule has 158 valence electrons. The molecule has 0 aromatic heterocycles. The summed E-state index contributed by atoms with van der Waals surface area (Å²) in [4.78, 5) is 24.3. The standard InChI is InChI=1S/C22H30N2O5/c1-12(2)8-17(21(23)27)24-22(28)15-10-18(25)20(26)19(11-15)29-16-7-6-13-4-3-5-14(13)9-16/h6-7,9,11-12,17-20,25-26H,3-5,8,10H2,1-2H3,(H2,23,27)(H,24,28). The van der Waals surface area contributed by atoms with Gasteiger partial charge < -0.3 is 26.0 Å². The van der Waals surface area contributed by atoms with E-state index in [4.69, 9.17) is 10.5 Å². The molecule has 5 N–H and O–H groups in total. The number of ether oxygens (including phenoxy) is 1. The van der Waals surface area contributed by atoms with Crippen molar-refractivity contribution in [3.05, 3.63) is 41.0 Å². The Kier molecular flexibility index (Phi) is 6.59. The average Bonchev–Trinajstić information content (AvgIpc) is 3.12. The molecule has 0 aliphatic heterocycles. The molecule has 0 heterocycles. The number of aliphatic hydroxyl groups excluding tert-OH is 2. The quantitative estimate of drug-likeness (QED) is 0.542. The molecule has 2 aliphatic rings. The number of aliphatic hydroxyl groups is 2. The van der Waals surface area contributed by atoms with Gasteiger partial charge in [0.05, 0.1) is 6.10 Å². The summed E-state index contributed by atoms with van der Waals surface area (Å²) in [7, 11) is 0. The number of carbonyl (C=O) groups excluding carboxylic acids is 2. The lowest BCUT2D eigenvalue weighted by molar-refractivity contribution is -0.126. The van der Waals surface area contributed by atoms with Crippen LogP contribution >= 0.6 is 0 Å². The molecule has 0 saturated heterocycles. The second-order valence-corrected chi connectivity index (χ2v) is 8.38. The lowest BCUT2D eigenvalue weighted by Crippen LogP contribution is -2.49. The van der Waals surface area contributed by atoms with E-state index in [-0.39, 0.29) is 17.9 Å². The molecule has 29 heavy (non-hydrogen) atoms. The molecule has 4 atom stereocenters. The largest absolute Gasteiger partial charge is 0.484 e. The minimum absolute atomic E-state index is 0.0236. The Bertz CT molecular complexity index is 804. The van der Waals surface area contributed by atoms with Gasteiger partial charge in [-0.15, -0.1) is 0 Å². The van der Waals surface area contributed by atoms with Crippen LogP contribution in [0.3, 0.4) is 0 Å². The number of hydrogen-bond acceptors (Lipinski definition) is 5. The Balaban J connectivity index is 1.74. The lowest BCUT2D eigenvalue weighted by Gasteiger charge is -2.31. The number of amides is 2. The van der Waals surface area contributed by atoms with Crippen molar-refractivity contribution in [1.29, 1.82) is 0 Å². The summed E-state index contributed by atoms with van der Waals surface area (Å²) in [5.74, 6) is -0.316. The van der Waals surface area contributed by atoms with E-state index in [0.29, 0.717) is 12.2 Å². The van der Waals surface area contributed by atoms with Crippen molar-refractivity contribution in [1.82, 2.24) is 5.32 Å². The van der Waals surface area contributed by atoms with Crippen LogP contribution in [-0.4, -0.2) is 46.4 Å². The molecule has 3 rings (SSSR count). The van der Waals surface area contributed by atoms with Crippen LogP contribution in [0.1, 0.15) is 44.2 Å². The van der Waals surface area contributed by atoms with Crippen LogP contribution in [0.5, 0.6) is 5.75 Å². The van der Waals surface area contributed by atoms with E-state index in [1.165, 1.54) is 17.2 Å². The van der Waals surface area contributed by atoms with Crippen molar-refractivity contribution in [3.8, 4) is 5.75 Å². The van der Waals surface area contributed by atoms with Gasteiger partial charge in [-0.3, -0.25) is 9.59 Å². The highest BCUT2D eigenvalue weighted by Gasteiger charge is 2.35. The highest BCUT2D eigenvalue weighted by molar-refractivity contribution is 5.97. The first-order valence-electron chi connectivity index (χ1n) is 10.2. The zero-order chi connectivity index (χ0) is 21.1. The number of nitrogens with two attached hydrogens (primary N) is 1. The maximum atomic E-state index is 12.7. The SMILES string of the molecule is CC(C)CC(NC(=O)C1=CC(Oc2ccc3c(c2)CCC3)C(O)C(O)C1)C(N)=O. The van der Waals surface area contributed by atoms with Crippen LogP contribution in [0, 0.1) is 5.92 Å². The molecular weight excluding hydrogens is 372 g/mol. The number of hydrogen-bond donors (Lipinski definition) is 4. The summed E-state index contributed by atoms with van der Waals surface area (Å²) in [5, 5.41) is 23.2. The molecule has 1 aromatic carbocycles. The molecule has 0 saturated carbocycles. The number of benzene rings is 1. The Labute approximate surface area is 170 Å². The minimum Gasteiger partial charge on any atom is -0.484 e. The molecule has 0 spiro atoms. The van der Waals surface area contributed by atoms with Gasteiger partial charge in [0.25, 0.3) is 0 Å². The predicted octanol–water partition coefficient (Wildman–Crippen LogP) is 0.991. The molecule has 7 heteroatoms. The fourth-order valence-electron chi connectivity index (χ4n) is 3.95. The molecule has 2 aliphatic carbocycles. The van der Waals surface area contributed by atoms with Gasteiger partial charge in [-0.2, -0.15) is 0 Å². The lowest BCUT2D eigenvalue weighted by atomic mass is 9.91. The number of fused-ring (bicyclic) bond motifs is 1. The monoisotopic (exact) mass is 402 g/mol. The second kappa shape index (κ2) is 8.97. The van der Waals surface area contributed by atoms with Gasteiger partial charge in [-0.1, -0.05) is 19.9 Å². The molecule has 0 fully saturated rings. The number of aryl methyl sites for hydroxylation is 2. The van der Waals surface area contributed by atoms with Crippen LogP contribution in [0.4, 0.5) is 0 Å². The van der Waals surface area contributed by atoms with Gasteiger partial charge >= 0.3 is 0 Å². The Hall–Kier alpha value is -2.38. The predicted molar refractivity (Wildman–Crippen MR) is 108 cm³/mol. The third-order valence-corrected chi connectivity index (χ3v) is 5.51. The van der Waals surface area contributed by atoms with Crippen molar-refractivity contribution in [2.75, 3.05) is 0 Å². The van der Waals surface area contributed by atoms with E-state index >= 15 is 0 Å². The van der Waals surface area contributed by atoms with Crippen molar-refractivity contribution < 1.29 is 24.5 Å². The van der Waals surface area contributed by atoms with Gasteiger partial charge in [-0.25, -0.2) is 0 Å². The number of nitrogens with one attached hydrogen (secondary N) is 1. The van der Waals surface area contributed by atoms with Gasteiger partial charge in [0.2, 0.25) is 11.8 Å². The summed E-state index contributed by atoms with van der Waals surface area (Å²) >= 11 is 0. The van der Waals surface area contributed by atoms with Gasteiger partial charge in [0, 0.05) is 12.0 Å². The third kappa shape index (κ3) is 5.16. The van der Waals surface area contributed by atoms with Crippen molar-refractivity contribution in [2.45, 2.75) is 70.3 Å². The zero-order valence-corrected chi connectivity index (χ0v) is 16.9. The van der Waals surface area contributed by atoms with Gasteiger partial charge in [0.15, 0.2) is 0 Å². The van der Waals surface area contributed by atoms with E-state index in [1.807, 2.05) is 32.0 Å². The number of carbonyl (C=O) groups is 2. The third-order valence-electron chi connectivity index (χ3n) is 5.51. The fourth-order valence-corrected chi connectivity index (χ4v) is 3.95. The fraction of sp³-hybridized carbons (Fsp3) is 0.545. The van der Waals surface area contributed by atoms with Crippen LogP contribution in [0.25, 0.3) is 0 Å². The van der Waals surface area contributed by atoms with Crippen molar-refractivity contribution in [2.24, 2.45) is 11.7 Å². The van der Waals surface area contributed by atoms with E-state index in [9.17, 15) is 19.8 Å². The van der Waals surface area contributed by atoms with Crippen molar-refractivity contribution >= 4 is 11.8 Å². The maximum absolute atomic E-state index is 12.7. The molecule has 0 radical (unpaired) electrons. The van der Waals surface area contributed by atoms with Crippen molar-refractivity contribution in [3.63, 3.8) is 0 Å². The Morgan fingerprint density at radius 1 is 1.24 bits per heavy atom. The Morgan fingerprint density at radius 3 is 2.66 bits per heavy atom. The minimum atomic E-state index is -1.15. The van der Waals surface area contributed by atoms with E-state index < -0.39 is 36.2 Å². The summed E-state index contributed by atoms with van der Waals surface area (Å²) in [6, 6.07) is 5.03. The van der Waals surface area contributed by atoms with Crippen LogP contribution < -0.4 is 15.8 Å². The summed E-state index contributed by atoms with van der Waals surface area (Å²) < 4.78 is 5.90. The average molecular weight is 402 g/mol. The normalized spacial score (nSPS) is 24.6. The summed E-state index contributed by atoms with van der Waals surface area (Å²) in [5.41, 5.74) is 8.20. The smallest absolute Gasteiger partial charge is 0.247 e. The molecule has 4 unspecified atom stereocenters. The summed E-state index contributed by atoms with van der Waals surface area (Å²) in [6.07, 6.45) is 1.94. The van der Waals surface area contributed by atoms with Gasteiger partial charge in [0.1, 0.15) is 24.0 Å². The first kappa shape index (κ1) is 21.3. The first-order valence-corrected chi connectivity index (χ1v) is 10.2. The number of rotatable bonds is 7. The van der Waals surface area contributed by atoms with E-state index in [1.54, 1.807) is 0 Å². The highest BCUT2D eigenvalue weighted by Crippen LogP contribution is 2.29. The number of primary amides is 1. The topological polar surface area (TPSA) is 122 Å². The first-order chi connectivity index (χ1) is 13.7. The zero-order valence-electron chi connectivity index (χ0n) is 16.9. The van der Waals surface area contributed by atoms with E-state index in [2.05, 4.69) is 5.32 Å². The molecule has 1 aromatic rings. The molecule has 0 bridgehead atoms. The Morgan fingerprint density at radius 2 is 1.97 bits per heavy atom. The summed E-state index contributed by atoms with van der Waals surface area (Å²) in [6.45, 7) is 3.87. The van der Waals surface area contributed by atoms with Crippen LogP contribution in [0.15, 0.2) is 29.8 Å². The molecule has 7 nitrogen and oxygen atoms in total.